The maximum Gasteiger partial charge on any atom is 0.270 e. The molecule has 0 radical (unpaired) electrons. The van der Waals surface area contributed by atoms with Crippen LogP contribution in [-0.4, -0.2) is 15.8 Å². The Hall–Kier alpha value is -1.80. The van der Waals surface area contributed by atoms with Gasteiger partial charge in [0.25, 0.3) is 11.6 Å². The van der Waals surface area contributed by atoms with Gasteiger partial charge in [0.2, 0.25) is 0 Å². The number of nitrogens with zero attached hydrogens (tertiary/aromatic N) is 2. The van der Waals surface area contributed by atoms with Gasteiger partial charge >= 0.3 is 0 Å². The number of nitro benzene ring substituents is 1. The van der Waals surface area contributed by atoms with Gasteiger partial charge in [0.05, 0.1) is 10.5 Å². The molecule has 0 spiro atoms. The molecule has 102 valence electrons. The first kappa shape index (κ1) is 14.6. The Morgan fingerprint density at radius 3 is 2.65 bits per heavy atom. The van der Waals surface area contributed by atoms with E-state index in [4.69, 9.17) is 0 Å². The summed E-state index contributed by atoms with van der Waals surface area (Å²) in [6.07, 6.45) is 1.53. The quantitative estimate of drug-likeness (QED) is 0.627. The third-order valence-electron chi connectivity index (χ3n) is 2.37. The average Bonchev–Trinajstić information content (AvgIpc) is 2.38. The predicted octanol–water partition coefficient (Wildman–Crippen LogP) is 3.77. The maximum absolute atomic E-state index is 12.1. The van der Waals surface area contributed by atoms with Crippen molar-refractivity contribution < 1.29 is 9.72 Å². The van der Waals surface area contributed by atoms with Crippen LogP contribution in [0.2, 0.25) is 0 Å². The number of pyridine rings is 1. The monoisotopic (exact) mass is 399 g/mol. The molecule has 2 rings (SSSR count). The highest BCUT2D eigenvalue weighted by Gasteiger charge is 2.16. The minimum absolute atomic E-state index is 0.152. The van der Waals surface area contributed by atoms with Gasteiger partial charge in [0.1, 0.15) is 5.82 Å². The molecule has 0 aliphatic carbocycles. The Morgan fingerprint density at radius 1 is 1.25 bits per heavy atom. The minimum Gasteiger partial charge on any atom is -0.306 e. The fourth-order valence-corrected chi connectivity index (χ4v) is 2.22. The highest BCUT2D eigenvalue weighted by atomic mass is 79.9. The molecule has 0 bridgehead atoms. The molecular formula is C12H7Br2N3O3. The number of rotatable bonds is 3. The molecular weight excluding hydrogens is 394 g/mol. The molecule has 6 nitrogen and oxygen atoms in total. The van der Waals surface area contributed by atoms with Gasteiger partial charge in [-0.15, -0.1) is 0 Å². The molecule has 0 atom stereocenters. The summed E-state index contributed by atoms with van der Waals surface area (Å²) < 4.78 is 1.23. The summed E-state index contributed by atoms with van der Waals surface area (Å²) in [5, 5.41) is 13.3. The third kappa shape index (κ3) is 3.40. The number of hydrogen-bond donors (Lipinski definition) is 1. The number of benzene rings is 1. The Labute approximate surface area is 130 Å². The van der Waals surface area contributed by atoms with Crippen LogP contribution in [0.4, 0.5) is 11.5 Å². The first-order valence-electron chi connectivity index (χ1n) is 5.34. The number of halogens is 2. The first-order chi connectivity index (χ1) is 9.47. The average molecular weight is 401 g/mol. The van der Waals surface area contributed by atoms with Crippen molar-refractivity contribution in [3.8, 4) is 0 Å². The molecule has 0 saturated heterocycles. The van der Waals surface area contributed by atoms with Crippen LogP contribution in [0.25, 0.3) is 0 Å². The van der Waals surface area contributed by atoms with Gasteiger partial charge in [-0.1, -0.05) is 15.9 Å². The Balaban J connectivity index is 2.29. The zero-order valence-corrected chi connectivity index (χ0v) is 13.0. The molecule has 2 aromatic rings. The molecule has 20 heavy (non-hydrogen) atoms. The van der Waals surface area contributed by atoms with Crippen LogP contribution in [0.1, 0.15) is 10.4 Å². The van der Waals surface area contributed by atoms with E-state index in [-0.39, 0.29) is 11.3 Å². The number of nitrogens with one attached hydrogen (secondary N) is 1. The summed E-state index contributed by atoms with van der Waals surface area (Å²) in [5.74, 6) is -0.131. The van der Waals surface area contributed by atoms with Gasteiger partial charge in [-0.05, 0) is 34.1 Å². The van der Waals surface area contributed by atoms with E-state index < -0.39 is 10.8 Å². The van der Waals surface area contributed by atoms with Crippen LogP contribution in [0.15, 0.2) is 45.5 Å². The lowest BCUT2D eigenvalue weighted by Crippen LogP contribution is -2.13. The Bertz CT molecular complexity index is 691. The molecule has 1 aromatic heterocycles. The number of carbonyl (C=O) groups excluding carboxylic acids is 1. The van der Waals surface area contributed by atoms with Crippen LogP contribution < -0.4 is 5.32 Å². The van der Waals surface area contributed by atoms with Crippen LogP contribution in [-0.2, 0) is 0 Å². The van der Waals surface area contributed by atoms with E-state index in [0.717, 1.165) is 4.47 Å². The van der Waals surface area contributed by atoms with Crippen molar-refractivity contribution in [3.05, 3.63) is 61.2 Å². The van der Waals surface area contributed by atoms with E-state index in [1.807, 2.05) is 0 Å². The highest BCUT2D eigenvalue weighted by molar-refractivity contribution is 9.10. The smallest absolute Gasteiger partial charge is 0.270 e. The van der Waals surface area contributed by atoms with Crippen molar-refractivity contribution in [1.82, 2.24) is 4.98 Å². The predicted molar refractivity (Wildman–Crippen MR) is 80.7 cm³/mol. The van der Waals surface area contributed by atoms with E-state index >= 15 is 0 Å². The van der Waals surface area contributed by atoms with Crippen molar-refractivity contribution in [2.45, 2.75) is 0 Å². The summed E-state index contributed by atoms with van der Waals surface area (Å²) >= 11 is 6.46. The standard InChI is InChI=1S/C12H7Br2N3O3/c13-7-3-4-15-11(5-7)16-12(18)9-6-8(17(19)20)1-2-10(9)14/h1-6H,(H,15,16,18). The van der Waals surface area contributed by atoms with Gasteiger partial charge in [0, 0.05) is 27.3 Å². The second-order valence-electron chi connectivity index (χ2n) is 3.73. The molecule has 0 aliphatic heterocycles. The normalized spacial score (nSPS) is 10.1. The van der Waals surface area contributed by atoms with E-state index in [1.165, 1.54) is 24.4 Å². The largest absolute Gasteiger partial charge is 0.306 e. The van der Waals surface area contributed by atoms with Crippen molar-refractivity contribution >= 4 is 49.3 Å². The zero-order valence-electron chi connectivity index (χ0n) is 9.84. The van der Waals surface area contributed by atoms with Gasteiger partial charge in [-0.2, -0.15) is 0 Å². The number of amides is 1. The number of anilines is 1. The molecule has 1 amide bonds. The van der Waals surface area contributed by atoms with Crippen molar-refractivity contribution in [3.63, 3.8) is 0 Å². The van der Waals surface area contributed by atoms with Gasteiger partial charge in [-0.25, -0.2) is 4.98 Å². The Kier molecular flexibility index (Phi) is 4.46. The highest BCUT2D eigenvalue weighted by Crippen LogP contribution is 2.23. The fraction of sp³-hybridized carbons (Fsp3) is 0. The zero-order chi connectivity index (χ0) is 14.7. The third-order valence-corrected chi connectivity index (χ3v) is 3.55. The maximum atomic E-state index is 12.1. The molecule has 0 fully saturated rings. The molecule has 0 saturated carbocycles. The van der Waals surface area contributed by atoms with E-state index in [2.05, 4.69) is 42.2 Å². The van der Waals surface area contributed by atoms with E-state index in [0.29, 0.717) is 10.3 Å². The summed E-state index contributed by atoms with van der Waals surface area (Å²) in [6.45, 7) is 0. The number of non-ortho nitro benzene ring substituents is 1. The Morgan fingerprint density at radius 2 is 2.00 bits per heavy atom. The van der Waals surface area contributed by atoms with E-state index in [9.17, 15) is 14.9 Å². The molecule has 1 N–H and O–H groups in total. The number of aromatic nitrogens is 1. The lowest BCUT2D eigenvalue weighted by molar-refractivity contribution is -0.384. The van der Waals surface area contributed by atoms with Gasteiger partial charge in [0.15, 0.2) is 0 Å². The van der Waals surface area contributed by atoms with Crippen molar-refractivity contribution in [2.24, 2.45) is 0 Å². The van der Waals surface area contributed by atoms with Gasteiger partial charge in [-0.3, -0.25) is 14.9 Å². The molecule has 0 unspecified atom stereocenters. The molecule has 1 heterocycles. The summed E-state index contributed by atoms with van der Waals surface area (Å²) in [4.78, 5) is 26.3. The number of hydrogen-bond acceptors (Lipinski definition) is 4. The first-order valence-corrected chi connectivity index (χ1v) is 6.93. The van der Waals surface area contributed by atoms with E-state index in [1.54, 1.807) is 12.1 Å². The lowest BCUT2D eigenvalue weighted by Gasteiger charge is -2.06. The minimum atomic E-state index is -0.555. The summed E-state index contributed by atoms with van der Waals surface area (Å²) in [7, 11) is 0. The molecule has 0 aliphatic rings. The van der Waals surface area contributed by atoms with Crippen LogP contribution in [0.3, 0.4) is 0 Å². The second kappa shape index (κ2) is 6.10. The number of nitro groups is 1. The molecule has 1 aromatic carbocycles. The topological polar surface area (TPSA) is 85.1 Å². The summed E-state index contributed by atoms with van der Waals surface area (Å²) in [5.41, 5.74) is 0.0153. The fourth-order valence-electron chi connectivity index (χ4n) is 1.46. The second-order valence-corrected chi connectivity index (χ2v) is 5.50. The van der Waals surface area contributed by atoms with Crippen LogP contribution in [0, 0.1) is 10.1 Å². The van der Waals surface area contributed by atoms with Crippen LogP contribution >= 0.6 is 31.9 Å². The van der Waals surface area contributed by atoms with Crippen molar-refractivity contribution in [1.29, 1.82) is 0 Å². The molecule has 8 heteroatoms. The number of carbonyl (C=O) groups is 1. The summed E-state index contributed by atoms with van der Waals surface area (Å²) in [6, 6.07) is 7.33. The van der Waals surface area contributed by atoms with Crippen LogP contribution in [0.5, 0.6) is 0 Å². The van der Waals surface area contributed by atoms with Gasteiger partial charge < -0.3 is 5.32 Å². The lowest BCUT2D eigenvalue weighted by atomic mass is 10.2. The SMILES string of the molecule is O=C(Nc1cc(Br)ccn1)c1cc([N+](=O)[O-])ccc1Br. The van der Waals surface area contributed by atoms with Crippen molar-refractivity contribution in [2.75, 3.05) is 5.32 Å².